The van der Waals surface area contributed by atoms with Gasteiger partial charge in [-0.15, -0.1) is 0 Å². The lowest BCUT2D eigenvalue weighted by molar-refractivity contribution is 0.0938. The molecule has 33 heavy (non-hydrogen) atoms. The minimum atomic E-state index is -1.23. The van der Waals surface area contributed by atoms with Gasteiger partial charge in [0.25, 0.3) is 5.91 Å². The molecule has 0 saturated heterocycles. The summed E-state index contributed by atoms with van der Waals surface area (Å²) in [6, 6.07) is 12.6. The van der Waals surface area contributed by atoms with Crippen LogP contribution in [0.3, 0.4) is 0 Å². The lowest BCUT2D eigenvalue weighted by atomic mass is 10.1. The van der Waals surface area contributed by atoms with Crippen LogP contribution in [0, 0.1) is 0 Å². The number of nitrogens with zero attached hydrogens (tertiary/aromatic N) is 1. The summed E-state index contributed by atoms with van der Waals surface area (Å²) >= 11 is 0. The molecule has 11 nitrogen and oxygen atoms in total. The Kier molecular flexibility index (Phi) is 7.68. The average molecular weight is 455 g/mol. The Hall–Kier alpha value is -4.28. The summed E-state index contributed by atoms with van der Waals surface area (Å²) < 4.78 is 5.18. The van der Waals surface area contributed by atoms with E-state index in [1.165, 1.54) is 0 Å². The molecule has 0 spiro atoms. The van der Waals surface area contributed by atoms with Gasteiger partial charge in [-0.25, -0.2) is 14.6 Å². The summed E-state index contributed by atoms with van der Waals surface area (Å²) in [6.07, 6.45) is -1.62. The Labute approximate surface area is 189 Å². The molecule has 0 radical (unpaired) electrons. The van der Waals surface area contributed by atoms with Gasteiger partial charge in [-0.05, 0) is 48.2 Å². The fraction of sp³-hybridized carbons (Fsp3) is 0.273. The van der Waals surface area contributed by atoms with E-state index in [1.54, 1.807) is 7.11 Å². The molecular formula is C22H25N5O6. The third-order valence-corrected chi connectivity index (χ3v) is 4.96. The van der Waals surface area contributed by atoms with Crippen molar-refractivity contribution in [1.29, 1.82) is 0 Å². The van der Waals surface area contributed by atoms with Gasteiger partial charge in [0.1, 0.15) is 5.75 Å². The van der Waals surface area contributed by atoms with Crippen LogP contribution in [0.2, 0.25) is 0 Å². The van der Waals surface area contributed by atoms with E-state index in [2.05, 4.69) is 25.9 Å². The van der Waals surface area contributed by atoms with Crippen LogP contribution in [0.5, 0.6) is 5.75 Å². The van der Waals surface area contributed by atoms with Gasteiger partial charge in [0.2, 0.25) is 0 Å². The van der Waals surface area contributed by atoms with Gasteiger partial charge < -0.3 is 35.9 Å². The van der Waals surface area contributed by atoms with Crippen molar-refractivity contribution < 1.29 is 29.3 Å². The van der Waals surface area contributed by atoms with Crippen LogP contribution in [-0.4, -0.2) is 64.5 Å². The number of hydrogen-bond acceptors (Lipinski definition) is 5. The van der Waals surface area contributed by atoms with Gasteiger partial charge in [-0.3, -0.25) is 4.79 Å². The van der Waals surface area contributed by atoms with Gasteiger partial charge in [0.15, 0.2) is 5.82 Å². The average Bonchev–Trinajstić information content (AvgIpc) is 3.23. The number of ether oxygens (including phenoxy) is 1. The third-order valence-electron chi connectivity index (χ3n) is 4.96. The highest BCUT2D eigenvalue weighted by molar-refractivity contribution is 5.95. The minimum absolute atomic E-state index is 0.0341. The first-order chi connectivity index (χ1) is 15.9. The maximum absolute atomic E-state index is 12.6. The Morgan fingerprint density at radius 2 is 1.76 bits per heavy atom. The molecule has 1 aromatic heterocycles. The van der Waals surface area contributed by atoms with Crippen LogP contribution in [-0.2, 0) is 0 Å². The van der Waals surface area contributed by atoms with Gasteiger partial charge in [-0.1, -0.05) is 18.2 Å². The zero-order chi connectivity index (χ0) is 23.8. The molecule has 174 valence electrons. The van der Waals surface area contributed by atoms with Crippen molar-refractivity contribution in [3.63, 3.8) is 0 Å². The first-order valence-electron chi connectivity index (χ1n) is 10.2. The van der Waals surface area contributed by atoms with Gasteiger partial charge in [0, 0.05) is 19.1 Å². The number of imidazole rings is 1. The first kappa shape index (κ1) is 23.4. The monoisotopic (exact) mass is 455 g/mol. The van der Waals surface area contributed by atoms with Crippen molar-refractivity contribution >= 4 is 29.1 Å². The predicted molar refractivity (Wildman–Crippen MR) is 121 cm³/mol. The Balaban J connectivity index is 1.64. The maximum atomic E-state index is 12.6. The van der Waals surface area contributed by atoms with Crippen LogP contribution in [0.15, 0.2) is 42.5 Å². The minimum Gasteiger partial charge on any atom is -0.497 e. The molecule has 0 aliphatic rings. The Morgan fingerprint density at radius 3 is 2.42 bits per heavy atom. The van der Waals surface area contributed by atoms with Crippen molar-refractivity contribution in [2.75, 3.05) is 20.2 Å². The maximum Gasteiger partial charge on any atom is 0.404 e. The number of H-pyrrole nitrogens is 1. The van der Waals surface area contributed by atoms with Gasteiger partial charge in [-0.2, -0.15) is 0 Å². The van der Waals surface area contributed by atoms with E-state index < -0.39 is 24.1 Å². The van der Waals surface area contributed by atoms with Crippen molar-refractivity contribution in [3.8, 4) is 16.9 Å². The number of methoxy groups -OCH3 is 1. The summed E-state index contributed by atoms with van der Waals surface area (Å²) in [4.78, 5) is 41.4. The standard InChI is InChI=1S/C22H25N5O6/c1-33-16-7-4-13(5-8-16)14-6-9-17-18(11-14)27-19(26-17)20(28)24-12-15(25-22(31)32)3-2-10-23-21(29)30/h4-9,11,15,23,25H,2-3,10,12H2,1H3,(H,24,28)(H,26,27)(H,29,30)(H,31,32)/t15-/m0/s1. The van der Waals surface area contributed by atoms with E-state index in [9.17, 15) is 14.4 Å². The molecule has 11 heteroatoms. The van der Waals surface area contributed by atoms with E-state index in [-0.39, 0.29) is 18.9 Å². The first-order valence-corrected chi connectivity index (χ1v) is 10.2. The van der Waals surface area contributed by atoms with Crippen LogP contribution >= 0.6 is 0 Å². The number of fused-ring (bicyclic) bond motifs is 1. The second-order valence-corrected chi connectivity index (χ2v) is 7.28. The van der Waals surface area contributed by atoms with E-state index in [0.717, 1.165) is 16.9 Å². The number of nitrogens with one attached hydrogen (secondary N) is 4. The number of hydrogen-bond donors (Lipinski definition) is 6. The third kappa shape index (κ3) is 6.60. The highest BCUT2D eigenvalue weighted by Gasteiger charge is 2.16. The Bertz CT molecular complexity index is 1130. The molecule has 6 N–H and O–H groups in total. The van der Waals surface area contributed by atoms with Gasteiger partial charge in [0.05, 0.1) is 18.1 Å². The molecule has 0 saturated carbocycles. The number of rotatable bonds is 10. The number of carbonyl (C=O) groups is 3. The highest BCUT2D eigenvalue weighted by atomic mass is 16.5. The number of carboxylic acid groups (broad SMARTS) is 2. The molecular weight excluding hydrogens is 430 g/mol. The summed E-state index contributed by atoms with van der Waals surface area (Å²) in [5, 5.41) is 24.8. The van der Waals surface area contributed by atoms with Crippen LogP contribution < -0.4 is 20.7 Å². The van der Waals surface area contributed by atoms with Crippen molar-refractivity contribution in [3.05, 3.63) is 48.3 Å². The second-order valence-electron chi connectivity index (χ2n) is 7.28. The normalized spacial score (nSPS) is 11.5. The molecule has 0 unspecified atom stereocenters. The second kappa shape index (κ2) is 10.8. The molecule has 2 aromatic carbocycles. The summed E-state index contributed by atoms with van der Waals surface area (Å²) in [5.74, 6) is 0.393. The molecule has 3 amide bonds. The van der Waals surface area contributed by atoms with Crippen LogP contribution in [0.4, 0.5) is 9.59 Å². The zero-order valence-electron chi connectivity index (χ0n) is 17.9. The molecule has 1 heterocycles. The Morgan fingerprint density at radius 1 is 1.03 bits per heavy atom. The molecule has 1 atom stereocenters. The summed E-state index contributed by atoms with van der Waals surface area (Å²) in [6.45, 7) is 0.216. The fourth-order valence-electron chi connectivity index (χ4n) is 3.32. The topological polar surface area (TPSA) is 166 Å². The predicted octanol–water partition coefficient (Wildman–Crippen LogP) is 2.65. The summed E-state index contributed by atoms with van der Waals surface area (Å²) in [5.41, 5.74) is 3.22. The number of aromatic amines is 1. The number of benzene rings is 2. The van der Waals surface area contributed by atoms with E-state index in [0.29, 0.717) is 23.9 Å². The quantitative estimate of drug-likeness (QED) is 0.256. The van der Waals surface area contributed by atoms with Gasteiger partial charge >= 0.3 is 12.2 Å². The molecule has 3 aromatic rings. The lowest BCUT2D eigenvalue weighted by Crippen LogP contribution is -2.43. The SMILES string of the molecule is COc1ccc(-c2ccc3[nH]c(C(=O)NC[C@H](CCCNC(=O)O)NC(=O)O)nc3c2)cc1. The van der Waals surface area contributed by atoms with E-state index in [1.807, 2.05) is 42.5 Å². The van der Waals surface area contributed by atoms with E-state index in [4.69, 9.17) is 14.9 Å². The molecule has 0 aliphatic carbocycles. The molecule has 0 aliphatic heterocycles. The van der Waals surface area contributed by atoms with Crippen LogP contribution in [0.25, 0.3) is 22.2 Å². The van der Waals surface area contributed by atoms with Crippen molar-refractivity contribution in [2.24, 2.45) is 0 Å². The largest absolute Gasteiger partial charge is 0.497 e. The fourth-order valence-corrected chi connectivity index (χ4v) is 3.32. The zero-order valence-corrected chi connectivity index (χ0v) is 17.9. The highest BCUT2D eigenvalue weighted by Crippen LogP contribution is 2.25. The lowest BCUT2D eigenvalue weighted by Gasteiger charge is -2.17. The molecule has 0 bridgehead atoms. The van der Waals surface area contributed by atoms with Crippen LogP contribution in [0.1, 0.15) is 23.5 Å². The summed E-state index contributed by atoms with van der Waals surface area (Å²) in [7, 11) is 1.61. The molecule has 3 rings (SSSR count). The van der Waals surface area contributed by atoms with E-state index >= 15 is 0 Å². The number of aromatic nitrogens is 2. The number of amides is 3. The van der Waals surface area contributed by atoms with Crippen molar-refractivity contribution in [1.82, 2.24) is 25.9 Å². The van der Waals surface area contributed by atoms with Crippen molar-refractivity contribution in [2.45, 2.75) is 18.9 Å². The smallest absolute Gasteiger partial charge is 0.404 e. The number of carbonyl (C=O) groups excluding carboxylic acids is 1. The molecule has 0 fully saturated rings.